The lowest BCUT2D eigenvalue weighted by atomic mass is 9.85. The van der Waals surface area contributed by atoms with E-state index in [0.717, 1.165) is 73.5 Å². The van der Waals surface area contributed by atoms with Crippen LogP contribution in [0.1, 0.15) is 62.3 Å². The van der Waals surface area contributed by atoms with Crippen molar-refractivity contribution in [2.75, 3.05) is 43.6 Å². The summed E-state index contributed by atoms with van der Waals surface area (Å²) >= 11 is 6.26. The van der Waals surface area contributed by atoms with Gasteiger partial charge in [0.05, 0.1) is 37.6 Å². The Balaban J connectivity index is 1.23. The summed E-state index contributed by atoms with van der Waals surface area (Å²) in [5.74, 6) is 2.65. The van der Waals surface area contributed by atoms with Gasteiger partial charge in [0.15, 0.2) is 11.5 Å². The molecule has 1 atom stereocenters. The van der Waals surface area contributed by atoms with Gasteiger partial charge in [-0.25, -0.2) is 9.78 Å². The Morgan fingerprint density at radius 1 is 1.04 bits per heavy atom. The Bertz CT molecular complexity index is 1520. The highest BCUT2D eigenvalue weighted by atomic mass is 35.5. The fourth-order valence-corrected chi connectivity index (χ4v) is 7.16. The maximum Gasteiger partial charge on any atom is 0.317 e. The second-order valence-corrected chi connectivity index (χ2v) is 13.1. The molecule has 0 spiro atoms. The van der Waals surface area contributed by atoms with Crippen LogP contribution in [0.5, 0.6) is 11.5 Å². The van der Waals surface area contributed by atoms with Gasteiger partial charge in [0, 0.05) is 37.7 Å². The summed E-state index contributed by atoms with van der Waals surface area (Å²) in [6.45, 7) is 6.43. The molecular formula is C35H42ClN5O4. The van der Waals surface area contributed by atoms with Gasteiger partial charge in [-0.1, -0.05) is 23.7 Å². The minimum Gasteiger partial charge on any atom is -0.493 e. The number of carbonyl (C=O) groups is 2. The molecule has 0 unspecified atom stereocenters. The lowest BCUT2D eigenvalue weighted by molar-refractivity contribution is -0.118. The molecule has 2 aromatic carbocycles. The van der Waals surface area contributed by atoms with Crippen LogP contribution in [0.25, 0.3) is 0 Å². The topological polar surface area (TPSA) is 87.2 Å². The lowest BCUT2D eigenvalue weighted by Crippen LogP contribution is -2.41. The Hall–Kier alpha value is -3.98. The summed E-state index contributed by atoms with van der Waals surface area (Å²) < 4.78 is 11.8. The lowest BCUT2D eigenvalue weighted by Gasteiger charge is -2.38. The van der Waals surface area contributed by atoms with Gasteiger partial charge in [-0.05, 0) is 98.5 Å². The highest BCUT2D eigenvalue weighted by Crippen LogP contribution is 2.44. The van der Waals surface area contributed by atoms with Crippen molar-refractivity contribution in [1.82, 2.24) is 15.2 Å². The Kier molecular flexibility index (Phi) is 9.08. The molecular weight excluding hydrogens is 590 g/mol. The molecule has 1 aliphatic carbocycles. The standard InChI is InChI=1S/C35H42ClN5O4/c1-22(2)45-31-19-29-25(17-30(31)44-4)18-33(42)41(34(29)24-7-9-26(36)10-8-24)28-13-14-32(38-20-28)39(3)21-23-5-11-27(12-6-23)40-16-15-37-35(40)43/h7-10,13-14,17,19-20,22-23,27,34H,5-6,11-12,15-16,18,21H2,1-4H3,(H,37,43)/t23-,27-,34-/m0/s1. The number of aromatic nitrogens is 1. The van der Waals surface area contributed by atoms with Gasteiger partial charge in [0.25, 0.3) is 0 Å². The molecule has 1 N–H and O–H groups in total. The van der Waals surface area contributed by atoms with Gasteiger partial charge in [-0.15, -0.1) is 0 Å². The zero-order valence-corrected chi connectivity index (χ0v) is 27.2. The highest BCUT2D eigenvalue weighted by molar-refractivity contribution is 6.30. The fraction of sp³-hybridized carbons (Fsp3) is 0.457. The van der Waals surface area contributed by atoms with Gasteiger partial charge < -0.3 is 24.6 Å². The van der Waals surface area contributed by atoms with Crippen LogP contribution in [0.4, 0.5) is 16.3 Å². The quantitative estimate of drug-likeness (QED) is 0.301. The van der Waals surface area contributed by atoms with Crippen LogP contribution in [0.2, 0.25) is 5.02 Å². The minimum atomic E-state index is -0.391. The number of ether oxygens (including phenoxy) is 2. The van der Waals surface area contributed by atoms with Gasteiger partial charge >= 0.3 is 6.03 Å². The van der Waals surface area contributed by atoms with Crippen LogP contribution < -0.4 is 24.6 Å². The molecule has 1 saturated carbocycles. The summed E-state index contributed by atoms with van der Waals surface area (Å²) in [7, 11) is 3.69. The zero-order chi connectivity index (χ0) is 31.7. The third kappa shape index (κ3) is 6.54. The van der Waals surface area contributed by atoms with Crippen molar-refractivity contribution < 1.29 is 19.1 Å². The third-order valence-electron chi connectivity index (χ3n) is 9.22. The first-order chi connectivity index (χ1) is 21.7. The number of halogens is 1. The van der Waals surface area contributed by atoms with Crippen LogP contribution in [0.3, 0.4) is 0 Å². The molecule has 3 aliphatic rings. The summed E-state index contributed by atoms with van der Waals surface area (Å²) in [6, 6.07) is 15.6. The number of amides is 3. The number of rotatable bonds is 9. The molecule has 0 radical (unpaired) electrons. The summed E-state index contributed by atoms with van der Waals surface area (Å²) in [5, 5.41) is 3.56. The highest BCUT2D eigenvalue weighted by Gasteiger charge is 2.37. The van der Waals surface area contributed by atoms with Gasteiger partial charge in [0.2, 0.25) is 5.91 Å². The van der Waals surface area contributed by atoms with Crippen LogP contribution in [0.15, 0.2) is 54.7 Å². The van der Waals surface area contributed by atoms with Crippen LogP contribution >= 0.6 is 11.6 Å². The molecule has 1 saturated heterocycles. The van der Waals surface area contributed by atoms with Crippen molar-refractivity contribution in [3.63, 3.8) is 0 Å². The Labute approximate surface area is 270 Å². The Morgan fingerprint density at radius 3 is 2.42 bits per heavy atom. The monoisotopic (exact) mass is 631 g/mol. The molecule has 2 fully saturated rings. The van der Waals surface area contributed by atoms with Crippen molar-refractivity contribution in [3.8, 4) is 11.5 Å². The average Bonchev–Trinajstić information content (AvgIpc) is 3.46. The number of benzene rings is 2. The minimum absolute atomic E-state index is 0.0200. The number of fused-ring (bicyclic) bond motifs is 1. The van der Waals surface area contributed by atoms with E-state index in [1.165, 1.54) is 0 Å². The average molecular weight is 632 g/mol. The first-order valence-corrected chi connectivity index (χ1v) is 16.3. The van der Waals surface area contributed by atoms with E-state index in [4.69, 9.17) is 26.1 Å². The smallest absolute Gasteiger partial charge is 0.317 e. The SMILES string of the molecule is COc1cc2c(cc1OC(C)C)[C@H](c1ccc(Cl)cc1)N(c1ccc(N(C)C[C@H]3CC[C@H](N4CCNC4=O)CC3)nc1)C(=O)C2. The van der Waals surface area contributed by atoms with Gasteiger partial charge in [0.1, 0.15) is 5.82 Å². The van der Waals surface area contributed by atoms with E-state index in [1.807, 2.05) is 72.2 Å². The van der Waals surface area contributed by atoms with Gasteiger partial charge in [-0.2, -0.15) is 0 Å². The number of nitrogens with zero attached hydrogens (tertiary/aromatic N) is 4. The number of carbonyl (C=O) groups excluding carboxylic acids is 2. The number of urea groups is 1. The molecule has 3 amide bonds. The predicted octanol–water partition coefficient (Wildman–Crippen LogP) is 6.23. The maximum absolute atomic E-state index is 13.9. The van der Waals surface area contributed by atoms with Crippen molar-refractivity contribution in [2.45, 2.75) is 64.1 Å². The number of methoxy groups -OCH3 is 1. The van der Waals surface area contributed by atoms with Crippen molar-refractivity contribution in [3.05, 3.63) is 76.4 Å². The fourth-order valence-electron chi connectivity index (χ4n) is 7.03. The number of anilines is 2. The third-order valence-corrected chi connectivity index (χ3v) is 9.47. The first kappa shape index (κ1) is 31.0. The van der Waals surface area contributed by atoms with E-state index in [1.54, 1.807) is 13.3 Å². The molecule has 45 heavy (non-hydrogen) atoms. The van der Waals surface area contributed by atoms with E-state index in [-0.39, 0.29) is 24.5 Å². The van der Waals surface area contributed by atoms with Crippen molar-refractivity contribution >= 4 is 35.0 Å². The van der Waals surface area contributed by atoms with Crippen molar-refractivity contribution in [2.24, 2.45) is 5.92 Å². The molecule has 9 nitrogen and oxygen atoms in total. The van der Waals surface area contributed by atoms with E-state index >= 15 is 0 Å². The molecule has 0 bridgehead atoms. The van der Waals surface area contributed by atoms with Gasteiger partial charge in [-0.3, -0.25) is 9.69 Å². The molecule has 1 aromatic heterocycles. The summed E-state index contributed by atoms with van der Waals surface area (Å²) in [4.78, 5) is 36.8. The van der Waals surface area contributed by atoms with Crippen LogP contribution in [0, 0.1) is 5.92 Å². The van der Waals surface area contributed by atoms with E-state index < -0.39 is 6.04 Å². The second-order valence-electron chi connectivity index (χ2n) is 12.6. The number of hydrogen-bond donors (Lipinski definition) is 1. The normalized spacial score (nSPS) is 21.5. The van der Waals surface area contributed by atoms with E-state index in [0.29, 0.717) is 28.5 Å². The van der Waals surface area contributed by atoms with E-state index in [9.17, 15) is 9.59 Å². The molecule has 3 heterocycles. The summed E-state index contributed by atoms with van der Waals surface area (Å²) in [5.41, 5.74) is 3.57. The first-order valence-electron chi connectivity index (χ1n) is 15.9. The predicted molar refractivity (Wildman–Crippen MR) is 177 cm³/mol. The molecule has 6 rings (SSSR count). The second kappa shape index (κ2) is 13.2. The zero-order valence-electron chi connectivity index (χ0n) is 26.5. The number of pyridine rings is 1. The molecule has 10 heteroatoms. The largest absolute Gasteiger partial charge is 0.493 e. The molecule has 238 valence electrons. The molecule has 2 aliphatic heterocycles. The Morgan fingerprint density at radius 2 is 1.80 bits per heavy atom. The number of nitrogens with one attached hydrogen (secondary N) is 1. The molecule has 3 aromatic rings. The van der Waals surface area contributed by atoms with E-state index in [2.05, 4.69) is 17.3 Å². The van der Waals surface area contributed by atoms with Crippen LogP contribution in [-0.4, -0.2) is 67.8 Å². The summed E-state index contributed by atoms with van der Waals surface area (Å²) in [6.07, 6.45) is 6.26. The van der Waals surface area contributed by atoms with Crippen LogP contribution in [-0.2, 0) is 11.2 Å². The van der Waals surface area contributed by atoms with Crippen molar-refractivity contribution in [1.29, 1.82) is 0 Å². The maximum atomic E-state index is 13.9. The number of hydrogen-bond acceptors (Lipinski definition) is 6.